The number of nitrogens with one attached hydrogen (secondary N) is 1. The number of benzene rings is 1. The van der Waals surface area contributed by atoms with Crippen LogP contribution in [0.5, 0.6) is 0 Å². The quantitative estimate of drug-likeness (QED) is 0.897. The molecule has 1 rings (SSSR count). The minimum atomic E-state index is -0.112. The molecule has 0 radical (unpaired) electrons. The van der Waals surface area contributed by atoms with E-state index < -0.39 is 0 Å². The molecule has 0 aliphatic heterocycles. The molecule has 0 bridgehead atoms. The first kappa shape index (κ1) is 14.2. The molecule has 0 saturated carbocycles. The van der Waals surface area contributed by atoms with Gasteiger partial charge in [-0.25, -0.2) is 0 Å². The third-order valence-corrected chi connectivity index (χ3v) is 3.79. The van der Waals surface area contributed by atoms with Crippen LogP contribution in [0.15, 0.2) is 22.7 Å². The molecule has 4 heteroatoms. The van der Waals surface area contributed by atoms with Gasteiger partial charge in [-0.05, 0) is 37.5 Å². The molecule has 2 atom stereocenters. The van der Waals surface area contributed by atoms with Gasteiger partial charge in [0, 0.05) is 22.7 Å². The molecule has 2 unspecified atom stereocenters. The highest BCUT2D eigenvalue weighted by Gasteiger charge is 2.15. The molecule has 3 nitrogen and oxygen atoms in total. The molecule has 0 spiro atoms. The van der Waals surface area contributed by atoms with Crippen LogP contribution in [0.4, 0.5) is 0 Å². The van der Waals surface area contributed by atoms with Gasteiger partial charge in [0.25, 0.3) is 5.91 Å². The van der Waals surface area contributed by atoms with Crippen molar-refractivity contribution >= 4 is 21.8 Å². The van der Waals surface area contributed by atoms with E-state index in [-0.39, 0.29) is 24.5 Å². The Labute approximate surface area is 110 Å². The predicted octanol–water partition coefficient (Wildman–Crippen LogP) is 2.50. The van der Waals surface area contributed by atoms with Crippen LogP contribution in [0.3, 0.4) is 0 Å². The molecule has 0 aromatic heterocycles. The van der Waals surface area contributed by atoms with E-state index in [1.165, 1.54) is 0 Å². The maximum absolute atomic E-state index is 11.9. The topological polar surface area (TPSA) is 49.3 Å². The van der Waals surface area contributed by atoms with Gasteiger partial charge in [0.1, 0.15) is 0 Å². The van der Waals surface area contributed by atoms with Gasteiger partial charge in [0.2, 0.25) is 0 Å². The maximum Gasteiger partial charge on any atom is 0.251 e. The van der Waals surface area contributed by atoms with Crippen molar-refractivity contribution < 1.29 is 9.90 Å². The summed E-state index contributed by atoms with van der Waals surface area (Å²) in [5, 5.41) is 11.9. The lowest BCUT2D eigenvalue weighted by Crippen LogP contribution is -2.38. The molecule has 2 N–H and O–H groups in total. The van der Waals surface area contributed by atoms with Crippen molar-refractivity contribution in [3.63, 3.8) is 0 Å². The predicted molar refractivity (Wildman–Crippen MR) is 72.1 cm³/mol. The van der Waals surface area contributed by atoms with Gasteiger partial charge < -0.3 is 10.4 Å². The van der Waals surface area contributed by atoms with Crippen molar-refractivity contribution in [3.8, 4) is 0 Å². The summed E-state index contributed by atoms with van der Waals surface area (Å²) in [7, 11) is 0. The normalized spacial score (nSPS) is 14.2. The number of amides is 1. The smallest absolute Gasteiger partial charge is 0.251 e. The van der Waals surface area contributed by atoms with Crippen LogP contribution in [0.1, 0.15) is 29.8 Å². The Morgan fingerprint density at radius 2 is 2.12 bits per heavy atom. The van der Waals surface area contributed by atoms with Crippen LogP contribution in [0.2, 0.25) is 0 Å². The van der Waals surface area contributed by atoms with E-state index in [9.17, 15) is 4.79 Å². The van der Waals surface area contributed by atoms with Gasteiger partial charge in [-0.15, -0.1) is 0 Å². The Morgan fingerprint density at radius 1 is 1.47 bits per heavy atom. The van der Waals surface area contributed by atoms with E-state index >= 15 is 0 Å². The average molecular weight is 300 g/mol. The molecular formula is C13H18BrNO2. The fourth-order valence-electron chi connectivity index (χ4n) is 1.32. The second kappa shape index (κ2) is 6.17. The zero-order valence-electron chi connectivity index (χ0n) is 10.3. The van der Waals surface area contributed by atoms with Gasteiger partial charge in [0.05, 0.1) is 0 Å². The highest BCUT2D eigenvalue weighted by Crippen LogP contribution is 2.17. The van der Waals surface area contributed by atoms with Crippen LogP contribution in [-0.2, 0) is 0 Å². The molecule has 0 saturated heterocycles. The summed E-state index contributed by atoms with van der Waals surface area (Å²) in [5.41, 5.74) is 1.72. The maximum atomic E-state index is 11.9. The zero-order valence-corrected chi connectivity index (χ0v) is 11.9. The molecule has 1 aromatic rings. The van der Waals surface area contributed by atoms with Crippen LogP contribution < -0.4 is 5.32 Å². The summed E-state index contributed by atoms with van der Waals surface area (Å²) in [6.07, 6.45) is 0. The van der Waals surface area contributed by atoms with E-state index in [1.54, 1.807) is 12.1 Å². The minimum absolute atomic E-state index is 0.0485. The third kappa shape index (κ3) is 3.82. The molecule has 1 amide bonds. The van der Waals surface area contributed by atoms with E-state index in [0.717, 1.165) is 10.0 Å². The number of halogens is 1. The number of carbonyl (C=O) groups excluding carboxylic acids is 1. The number of aliphatic hydroxyl groups excluding tert-OH is 1. The summed E-state index contributed by atoms with van der Waals surface area (Å²) in [5.74, 6) is -0.0636. The summed E-state index contributed by atoms with van der Waals surface area (Å²) in [4.78, 5) is 11.9. The number of carbonyl (C=O) groups is 1. The monoisotopic (exact) mass is 299 g/mol. The Morgan fingerprint density at radius 3 is 2.65 bits per heavy atom. The van der Waals surface area contributed by atoms with E-state index in [4.69, 9.17) is 5.11 Å². The number of rotatable bonds is 4. The lowest BCUT2D eigenvalue weighted by Gasteiger charge is -2.19. The zero-order chi connectivity index (χ0) is 13.0. The second-order valence-corrected chi connectivity index (χ2v) is 5.24. The summed E-state index contributed by atoms with van der Waals surface area (Å²) < 4.78 is 0.924. The van der Waals surface area contributed by atoms with Crippen molar-refractivity contribution in [2.75, 3.05) is 6.61 Å². The first-order valence-electron chi connectivity index (χ1n) is 5.63. The lowest BCUT2D eigenvalue weighted by molar-refractivity contribution is 0.0916. The first-order chi connectivity index (χ1) is 7.95. The average Bonchev–Trinajstić information content (AvgIpc) is 2.31. The van der Waals surface area contributed by atoms with Gasteiger partial charge in [-0.3, -0.25) is 4.79 Å². The lowest BCUT2D eigenvalue weighted by atomic mass is 10.0. The summed E-state index contributed by atoms with van der Waals surface area (Å²) in [6, 6.07) is 5.46. The second-order valence-electron chi connectivity index (χ2n) is 4.39. The van der Waals surface area contributed by atoms with Gasteiger partial charge in [0.15, 0.2) is 0 Å². The first-order valence-corrected chi connectivity index (χ1v) is 6.43. The molecule has 0 aliphatic rings. The van der Waals surface area contributed by atoms with Crippen molar-refractivity contribution in [1.29, 1.82) is 0 Å². The van der Waals surface area contributed by atoms with Gasteiger partial charge in [-0.1, -0.05) is 28.9 Å². The molecule has 94 valence electrons. The van der Waals surface area contributed by atoms with Crippen LogP contribution in [0, 0.1) is 12.8 Å². The number of aliphatic hydroxyl groups is 1. The highest BCUT2D eigenvalue weighted by molar-refractivity contribution is 9.10. The Hall–Kier alpha value is -0.870. The van der Waals surface area contributed by atoms with Crippen molar-refractivity contribution in [1.82, 2.24) is 5.32 Å². The summed E-state index contributed by atoms with van der Waals surface area (Å²) >= 11 is 3.40. The van der Waals surface area contributed by atoms with Crippen molar-refractivity contribution in [2.24, 2.45) is 5.92 Å². The minimum Gasteiger partial charge on any atom is -0.396 e. The van der Waals surface area contributed by atoms with Crippen LogP contribution in [-0.4, -0.2) is 23.7 Å². The molecular weight excluding hydrogens is 282 g/mol. The third-order valence-electron chi connectivity index (χ3n) is 2.93. The Kier molecular flexibility index (Phi) is 5.15. The molecule has 1 aromatic carbocycles. The molecule has 0 fully saturated rings. The van der Waals surface area contributed by atoms with E-state index in [2.05, 4.69) is 21.2 Å². The summed E-state index contributed by atoms with van der Waals surface area (Å²) in [6.45, 7) is 5.83. The van der Waals surface area contributed by atoms with Gasteiger partial charge in [-0.2, -0.15) is 0 Å². The van der Waals surface area contributed by atoms with Crippen molar-refractivity contribution in [3.05, 3.63) is 33.8 Å². The SMILES string of the molecule is Cc1ccc(C(=O)NC(C)C(C)CO)cc1Br. The fourth-order valence-corrected chi connectivity index (χ4v) is 1.70. The van der Waals surface area contributed by atoms with Crippen LogP contribution >= 0.6 is 15.9 Å². The molecule has 17 heavy (non-hydrogen) atoms. The van der Waals surface area contributed by atoms with Gasteiger partial charge >= 0.3 is 0 Å². The Bertz CT molecular complexity index is 406. The molecule has 0 heterocycles. The Balaban J connectivity index is 2.73. The number of hydrogen-bond donors (Lipinski definition) is 2. The standard InChI is InChI=1S/C13H18BrNO2/c1-8-4-5-11(6-12(8)14)13(17)15-10(3)9(2)7-16/h4-6,9-10,16H,7H2,1-3H3,(H,15,17). The molecule has 0 aliphatic carbocycles. The number of aryl methyl sites for hydroxylation is 1. The highest BCUT2D eigenvalue weighted by atomic mass is 79.9. The number of hydrogen-bond acceptors (Lipinski definition) is 2. The van der Waals surface area contributed by atoms with E-state index in [1.807, 2.05) is 26.8 Å². The largest absolute Gasteiger partial charge is 0.396 e. The van der Waals surface area contributed by atoms with Crippen molar-refractivity contribution in [2.45, 2.75) is 26.8 Å². The van der Waals surface area contributed by atoms with E-state index in [0.29, 0.717) is 5.56 Å². The van der Waals surface area contributed by atoms with Crippen LogP contribution in [0.25, 0.3) is 0 Å². The fraction of sp³-hybridized carbons (Fsp3) is 0.462.